The van der Waals surface area contributed by atoms with Crippen molar-refractivity contribution in [1.82, 2.24) is 9.97 Å². The van der Waals surface area contributed by atoms with Crippen molar-refractivity contribution in [2.75, 3.05) is 5.73 Å². The molecule has 2 heterocycles. The van der Waals surface area contributed by atoms with Crippen molar-refractivity contribution in [3.8, 4) is 0 Å². The molecule has 2 aromatic rings. The second-order valence-electron chi connectivity index (χ2n) is 3.28. The van der Waals surface area contributed by atoms with E-state index < -0.39 is 11.9 Å². The second-order valence-corrected chi connectivity index (χ2v) is 3.28. The number of nitrogens with zero attached hydrogens (tertiary/aromatic N) is 2. The van der Waals surface area contributed by atoms with E-state index in [2.05, 4.69) is 9.97 Å². The van der Waals surface area contributed by atoms with Crippen LogP contribution in [0.15, 0.2) is 36.8 Å². The number of rotatable bonds is 2. The number of aliphatic hydroxyl groups excluding tert-OH is 1. The maximum atomic E-state index is 13.4. The van der Waals surface area contributed by atoms with Gasteiger partial charge in [0.25, 0.3) is 0 Å². The lowest BCUT2D eigenvalue weighted by molar-refractivity contribution is 0.209. The summed E-state index contributed by atoms with van der Waals surface area (Å²) in [5, 5.41) is 9.93. The first-order valence-corrected chi connectivity index (χ1v) is 4.68. The molecule has 0 saturated heterocycles. The predicted molar refractivity (Wildman–Crippen MR) is 56.9 cm³/mol. The molecule has 2 rings (SSSR count). The first-order chi connectivity index (χ1) is 7.70. The van der Waals surface area contributed by atoms with Crippen molar-refractivity contribution in [3.05, 3.63) is 53.9 Å². The van der Waals surface area contributed by atoms with Crippen LogP contribution in [-0.2, 0) is 0 Å². The standard InChI is InChI=1S/C11H10FN3O/c12-8-2-1-4-15-10(8)11(16)7-6-14-5-3-9(7)13/h1-6,11,16H,(H2,13,14). The number of anilines is 1. The zero-order chi connectivity index (χ0) is 11.5. The van der Waals surface area contributed by atoms with Crippen LogP contribution < -0.4 is 5.73 Å². The van der Waals surface area contributed by atoms with Crippen LogP contribution in [0.1, 0.15) is 17.4 Å². The Hall–Kier alpha value is -2.01. The molecule has 0 bridgehead atoms. The van der Waals surface area contributed by atoms with E-state index in [0.717, 1.165) is 0 Å². The van der Waals surface area contributed by atoms with Gasteiger partial charge in [0, 0.05) is 29.8 Å². The van der Waals surface area contributed by atoms with Gasteiger partial charge in [0.05, 0.1) is 0 Å². The van der Waals surface area contributed by atoms with Gasteiger partial charge in [-0.2, -0.15) is 0 Å². The molecule has 1 unspecified atom stereocenters. The van der Waals surface area contributed by atoms with Crippen molar-refractivity contribution < 1.29 is 9.50 Å². The Bertz CT molecular complexity index is 459. The summed E-state index contributed by atoms with van der Waals surface area (Å²) < 4.78 is 13.4. The summed E-state index contributed by atoms with van der Waals surface area (Å²) in [7, 11) is 0. The molecule has 4 nitrogen and oxygen atoms in total. The maximum absolute atomic E-state index is 13.4. The molecule has 0 spiro atoms. The largest absolute Gasteiger partial charge is 0.398 e. The third kappa shape index (κ3) is 1.85. The zero-order valence-electron chi connectivity index (χ0n) is 8.34. The van der Waals surface area contributed by atoms with E-state index in [1.807, 2.05) is 0 Å². The molecule has 0 amide bonds. The minimum Gasteiger partial charge on any atom is -0.398 e. The minimum atomic E-state index is -1.20. The highest BCUT2D eigenvalue weighted by molar-refractivity contribution is 5.47. The monoisotopic (exact) mass is 219 g/mol. The zero-order valence-corrected chi connectivity index (χ0v) is 8.34. The van der Waals surface area contributed by atoms with Crippen molar-refractivity contribution in [2.45, 2.75) is 6.10 Å². The molecule has 16 heavy (non-hydrogen) atoms. The van der Waals surface area contributed by atoms with Crippen molar-refractivity contribution >= 4 is 5.69 Å². The van der Waals surface area contributed by atoms with Gasteiger partial charge in [-0.1, -0.05) is 0 Å². The molecule has 0 aromatic carbocycles. The van der Waals surface area contributed by atoms with E-state index in [0.29, 0.717) is 11.3 Å². The van der Waals surface area contributed by atoms with Gasteiger partial charge in [-0.3, -0.25) is 9.97 Å². The number of aliphatic hydroxyl groups is 1. The van der Waals surface area contributed by atoms with Crippen molar-refractivity contribution in [2.24, 2.45) is 0 Å². The third-order valence-corrected chi connectivity index (χ3v) is 2.23. The predicted octanol–water partition coefficient (Wildman–Crippen LogP) is 1.28. The van der Waals surface area contributed by atoms with Gasteiger partial charge in [-0.05, 0) is 18.2 Å². The number of nitrogen functional groups attached to an aromatic ring is 1. The molecule has 0 aliphatic heterocycles. The fourth-order valence-electron chi connectivity index (χ4n) is 1.39. The van der Waals surface area contributed by atoms with Gasteiger partial charge in [-0.15, -0.1) is 0 Å². The fraction of sp³-hybridized carbons (Fsp3) is 0.0909. The van der Waals surface area contributed by atoms with Crippen molar-refractivity contribution in [3.63, 3.8) is 0 Å². The molecule has 82 valence electrons. The van der Waals surface area contributed by atoms with E-state index in [9.17, 15) is 9.50 Å². The molecule has 0 radical (unpaired) electrons. The highest BCUT2D eigenvalue weighted by Crippen LogP contribution is 2.25. The molecular formula is C11H10FN3O. The van der Waals surface area contributed by atoms with Gasteiger partial charge in [0.15, 0.2) is 0 Å². The number of hydrogen-bond donors (Lipinski definition) is 2. The Morgan fingerprint density at radius 1 is 1.31 bits per heavy atom. The van der Waals surface area contributed by atoms with Gasteiger partial charge < -0.3 is 10.8 Å². The quantitative estimate of drug-likeness (QED) is 0.798. The maximum Gasteiger partial charge on any atom is 0.147 e. The minimum absolute atomic E-state index is 0.0535. The van der Waals surface area contributed by atoms with Crippen molar-refractivity contribution in [1.29, 1.82) is 0 Å². The second kappa shape index (κ2) is 4.24. The van der Waals surface area contributed by atoms with E-state index in [4.69, 9.17) is 5.73 Å². The lowest BCUT2D eigenvalue weighted by Gasteiger charge is -2.12. The van der Waals surface area contributed by atoms with E-state index in [-0.39, 0.29) is 5.69 Å². The number of pyridine rings is 2. The Labute approximate surface area is 91.6 Å². The van der Waals surface area contributed by atoms with Crippen LogP contribution in [0.4, 0.5) is 10.1 Å². The number of hydrogen-bond acceptors (Lipinski definition) is 4. The number of aromatic nitrogens is 2. The molecule has 0 aliphatic carbocycles. The molecule has 5 heteroatoms. The number of halogens is 1. The van der Waals surface area contributed by atoms with Gasteiger partial charge in [0.1, 0.15) is 17.6 Å². The topological polar surface area (TPSA) is 72.0 Å². The molecular weight excluding hydrogens is 209 g/mol. The highest BCUT2D eigenvalue weighted by atomic mass is 19.1. The average molecular weight is 219 g/mol. The third-order valence-electron chi connectivity index (χ3n) is 2.23. The summed E-state index contributed by atoms with van der Waals surface area (Å²) in [4.78, 5) is 7.62. The Balaban J connectivity index is 2.44. The summed E-state index contributed by atoms with van der Waals surface area (Å²) in [6.07, 6.45) is 3.11. The van der Waals surface area contributed by atoms with Crippen LogP contribution in [0.2, 0.25) is 0 Å². The molecule has 2 aromatic heterocycles. The van der Waals surface area contributed by atoms with E-state index in [1.54, 1.807) is 6.07 Å². The molecule has 1 atom stereocenters. The first-order valence-electron chi connectivity index (χ1n) is 4.68. The fourth-order valence-corrected chi connectivity index (χ4v) is 1.39. The summed E-state index contributed by atoms with van der Waals surface area (Å²) in [6.45, 7) is 0. The summed E-state index contributed by atoms with van der Waals surface area (Å²) in [5.41, 5.74) is 6.31. The van der Waals surface area contributed by atoms with Crippen LogP contribution in [0.5, 0.6) is 0 Å². The van der Waals surface area contributed by atoms with Crippen LogP contribution in [0.3, 0.4) is 0 Å². The SMILES string of the molecule is Nc1ccncc1C(O)c1ncccc1F. The Morgan fingerprint density at radius 2 is 2.12 bits per heavy atom. The summed E-state index contributed by atoms with van der Waals surface area (Å²) in [6, 6.07) is 4.23. The summed E-state index contributed by atoms with van der Waals surface area (Å²) in [5.74, 6) is -0.571. The normalized spacial score (nSPS) is 12.4. The van der Waals surface area contributed by atoms with E-state index in [1.165, 1.54) is 30.7 Å². The van der Waals surface area contributed by atoms with Crippen LogP contribution in [0, 0.1) is 5.82 Å². The van der Waals surface area contributed by atoms with Gasteiger partial charge in [-0.25, -0.2) is 4.39 Å². The first kappa shape index (κ1) is 10.5. The average Bonchev–Trinajstić information content (AvgIpc) is 2.29. The molecule has 0 aliphatic rings. The van der Waals surface area contributed by atoms with Gasteiger partial charge >= 0.3 is 0 Å². The van der Waals surface area contributed by atoms with Gasteiger partial charge in [0.2, 0.25) is 0 Å². The smallest absolute Gasteiger partial charge is 0.147 e. The lowest BCUT2D eigenvalue weighted by atomic mass is 10.1. The van der Waals surface area contributed by atoms with Crippen LogP contribution in [0.25, 0.3) is 0 Å². The Kier molecular flexibility index (Phi) is 2.78. The van der Waals surface area contributed by atoms with Crippen LogP contribution in [-0.4, -0.2) is 15.1 Å². The van der Waals surface area contributed by atoms with E-state index >= 15 is 0 Å². The van der Waals surface area contributed by atoms with Crippen LogP contribution >= 0.6 is 0 Å². The highest BCUT2D eigenvalue weighted by Gasteiger charge is 2.18. The molecule has 0 fully saturated rings. The summed E-state index contributed by atoms with van der Waals surface area (Å²) >= 11 is 0. The Morgan fingerprint density at radius 3 is 2.81 bits per heavy atom. The molecule has 3 N–H and O–H groups in total. The number of nitrogens with two attached hydrogens (primary N) is 1. The molecule has 0 saturated carbocycles. The lowest BCUT2D eigenvalue weighted by Crippen LogP contribution is -2.08.